The molecule has 2 unspecified atom stereocenters. The molecule has 148 valence electrons. The Hall–Kier alpha value is -1.84. The summed E-state index contributed by atoms with van der Waals surface area (Å²) >= 11 is 0. The molecule has 0 aliphatic rings. The number of nitrogens with one attached hydrogen (secondary N) is 1. The molecule has 0 aromatic heterocycles. The largest absolute Gasteiger partial charge is 0.494 e. The molecule has 3 N–H and O–H groups in total. The van der Waals surface area contributed by atoms with Crippen molar-refractivity contribution in [1.29, 1.82) is 0 Å². The van der Waals surface area contributed by atoms with Gasteiger partial charge in [-0.2, -0.15) is 0 Å². The molecule has 2 rings (SSSR count). The lowest BCUT2D eigenvalue weighted by Crippen LogP contribution is -2.47. The van der Waals surface area contributed by atoms with Crippen LogP contribution in [0, 0.1) is 5.92 Å². The highest BCUT2D eigenvalue weighted by Crippen LogP contribution is 2.21. The summed E-state index contributed by atoms with van der Waals surface area (Å²) < 4.78 is 5.77. The molecular weight excluding hydrogens is 332 g/mol. The lowest BCUT2D eigenvalue weighted by atomic mass is 9.93. The maximum Gasteiger partial charge on any atom is 0.122 e. The Labute approximate surface area is 165 Å². The molecule has 0 aliphatic carbocycles. The molecule has 27 heavy (non-hydrogen) atoms. The van der Waals surface area contributed by atoms with Gasteiger partial charge < -0.3 is 15.8 Å². The predicted octanol–water partition coefficient (Wildman–Crippen LogP) is 4.59. The number of rotatable bonds is 12. The van der Waals surface area contributed by atoms with Gasteiger partial charge in [0.25, 0.3) is 0 Å². The molecule has 2 atom stereocenters. The van der Waals surface area contributed by atoms with Crippen LogP contribution >= 0.6 is 0 Å². The van der Waals surface area contributed by atoms with Crippen LogP contribution in [0.3, 0.4) is 0 Å². The fourth-order valence-electron chi connectivity index (χ4n) is 3.51. The van der Waals surface area contributed by atoms with Gasteiger partial charge in [0.05, 0.1) is 6.61 Å². The molecule has 0 aliphatic heterocycles. The quantitative estimate of drug-likeness (QED) is 0.539. The minimum atomic E-state index is 0.0748. The Kier molecular flexibility index (Phi) is 9.37. The van der Waals surface area contributed by atoms with Gasteiger partial charge in [0.15, 0.2) is 0 Å². The first-order valence-corrected chi connectivity index (χ1v) is 10.3. The molecule has 0 fully saturated rings. The zero-order valence-electron chi connectivity index (χ0n) is 17.2. The van der Waals surface area contributed by atoms with Crippen molar-refractivity contribution < 1.29 is 4.74 Å². The Morgan fingerprint density at radius 2 is 1.70 bits per heavy atom. The summed E-state index contributed by atoms with van der Waals surface area (Å²) in [5, 5.41) is 3.73. The molecule has 0 amide bonds. The lowest BCUT2D eigenvalue weighted by molar-refractivity contribution is 0.329. The molecule has 0 radical (unpaired) electrons. The maximum atomic E-state index is 6.64. The Bertz CT molecular complexity index is 642. The summed E-state index contributed by atoms with van der Waals surface area (Å²) in [5.41, 5.74) is 9.24. The highest BCUT2D eigenvalue weighted by Gasteiger charge is 2.20. The fourth-order valence-corrected chi connectivity index (χ4v) is 3.51. The first-order valence-electron chi connectivity index (χ1n) is 10.3. The van der Waals surface area contributed by atoms with Gasteiger partial charge in [0.1, 0.15) is 5.75 Å². The average Bonchev–Trinajstić information content (AvgIpc) is 2.66. The molecule has 2 aromatic carbocycles. The van der Waals surface area contributed by atoms with Crippen LogP contribution in [-0.2, 0) is 12.8 Å². The second-order valence-electron chi connectivity index (χ2n) is 7.69. The second kappa shape index (κ2) is 11.8. The summed E-state index contributed by atoms with van der Waals surface area (Å²) in [6.07, 6.45) is 4.15. The molecule has 0 spiro atoms. The molecule has 0 saturated heterocycles. The number of nitrogens with two attached hydrogens (primary N) is 1. The van der Waals surface area contributed by atoms with E-state index in [1.807, 2.05) is 19.1 Å². The van der Waals surface area contributed by atoms with Crippen LogP contribution in [0.25, 0.3) is 0 Å². The third-order valence-electron chi connectivity index (χ3n) is 4.86. The van der Waals surface area contributed by atoms with E-state index in [4.69, 9.17) is 10.5 Å². The first kappa shape index (κ1) is 21.5. The predicted molar refractivity (Wildman–Crippen MR) is 115 cm³/mol. The third kappa shape index (κ3) is 7.74. The van der Waals surface area contributed by atoms with E-state index in [0.29, 0.717) is 18.6 Å². The first-order chi connectivity index (χ1) is 13.1. The van der Waals surface area contributed by atoms with Gasteiger partial charge in [-0.05, 0) is 62.3 Å². The monoisotopic (exact) mass is 368 g/mol. The Morgan fingerprint density at radius 1 is 1.00 bits per heavy atom. The summed E-state index contributed by atoms with van der Waals surface area (Å²) in [6, 6.07) is 19.3. The van der Waals surface area contributed by atoms with Crippen molar-refractivity contribution >= 4 is 0 Å². The SMILES string of the molecule is CCOc1ccccc1CC(N)C(CC(C)C)NCCCc1ccccc1. The summed E-state index contributed by atoms with van der Waals surface area (Å²) in [7, 11) is 0. The van der Waals surface area contributed by atoms with Crippen LogP contribution in [0.15, 0.2) is 54.6 Å². The van der Waals surface area contributed by atoms with Gasteiger partial charge in [0.2, 0.25) is 0 Å². The number of benzene rings is 2. The van der Waals surface area contributed by atoms with Crippen LogP contribution < -0.4 is 15.8 Å². The normalized spacial score (nSPS) is 13.5. The van der Waals surface area contributed by atoms with Gasteiger partial charge in [0, 0.05) is 12.1 Å². The van der Waals surface area contributed by atoms with E-state index in [9.17, 15) is 0 Å². The highest BCUT2D eigenvalue weighted by atomic mass is 16.5. The minimum absolute atomic E-state index is 0.0748. The number of hydrogen-bond donors (Lipinski definition) is 2. The fraction of sp³-hybridized carbons (Fsp3) is 0.500. The molecular formula is C24H36N2O. The van der Waals surface area contributed by atoms with E-state index in [0.717, 1.165) is 38.0 Å². The van der Waals surface area contributed by atoms with Gasteiger partial charge in [-0.25, -0.2) is 0 Å². The maximum absolute atomic E-state index is 6.64. The van der Waals surface area contributed by atoms with Crippen molar-refractivity contribution in [3.8, 4) is 5.75 Å². The van der Waals surface area contributed by atoms with E-state index in [-0.39, 0.29) is 6.04 Å². The summed E-state index contributed by atoms with van der Waals surface area (Å²) in [6.45, 7) is 8.22. The zero-order valence-corrected chi connectivity index (χ0v) is 17.2. The Morgan fingerprint density at radius 3 is 2.41 bits per heavy atom. The molecule has 0 bridgehead atoms. The number of ether oxygens (including phenoxy) is 1. The zero-order chi connectivity index (χ0) is 19.5. The van der Waals surface area contributed by atoms with E-state index < -0.39 is 0 Å². The van der Waals surface area contributed by atoms with Crippen molar-refractivity contribution in [1.82, 2.24) is 5.32 Å². The van der Waals surface area contributed by atoms with E-state index in [1.165, 1.54) is 11.1 Å². The topological polar surface area (TPSA) is 47.3 Å². The molecule has 2 aromatic rings. The second-order valence-corrected chi connectivity index (χ2v) is 7.69. The Balaban J connectivity index is 1.90. The van der Waals surface area contributed by atoms with Crippen molar-refractivity contribution in [2.45, 2.75) is 58.5 Å². The van der Waals surface area contributed by atoms with Gasteiger partial charge in [-0.15, -0.1) is 0 Å². The van der Waals surface area contributed by atoms with Crippen molar-refractivity contribution in [3.63, 3.8) is 0 Å². The summed E-state index contributed by atoms with van der Waals surface area (Å²) in [4.78, 5) is 0. The van der Waals surface area contributed by atoms with Crippen molar-refractivity contribution in [2.75, 3.05) is 13.2 Å². The van der Waals surface area contributed by atoms with Crippen LogP contribution in [0.1, 0.15) is 44.7 Å². The van der Waals surface area contributed by atoms with E-state index in [2.05, 4.69) is 61.6 Å². The number of hydrogen-bond acceptors (Lipinski definition) is 3. The lowest BCUT2D eigenvalue weighted by Gasteiger charge is -2.27. The van der Waals surface area contributed by atoms with Gasteiger partial charge in [-0.1, -0.05) is 62.4 Å². The van der Waals surface area contributed by atoms with Crippen molar-refractivity contribution in [2.24, 2.45) is 11.7 Å². The molecule has 0 heterocycles. The van der Waals surface area contributed by atoms with Crippen LogP contribution in [0.4, 0.5) is 0 Å². The smallest absolute Gasteiger partial charge is 0.122 e. The van der Waals surface area contributed by atoms with E-state index in [1.54, 1.807) is 0 Å². The molecule has 3 nitrogen and oxygen atoms in total. The number of aryl methyl sites for hydroxylation is 1. The van der Waals surface area contributed by atoms with Gasteiger partial charge >= 0.3 is 0 Å². The number of para-hydroxylation sites is 1. The summed E-state index contributed by atoms with van der Waals surface area (Å²) in [5.74, 6) is 1.58. The standard InChI is InChI=1S/C24H36N2O/c1-4-27-24-15-9-8-14-21(24)18-22(25)23(17-19(2)3)26-16-10-13-20-11-6-5-7-12-20/h5-9,11-12,14-15,19,22-23,26H,4,10,13,16-18,25H2,1-3H3. The van der Waals surface area contributed by atoms with E-state index >= 15 is 0 Å². The van der Waals surface area contributed by atoms with Gasteiger partial charge in [-0.3, -0.25) is 0 Å². The average molecular weight is 369 g/mol. The van der Waals surface area contributed by atoms with Crippen LogP contribution in [-0.4, -0.2) is 25.2 Å². The van der Waals surface area contributed by atoms with Crippen LogP contribution in [0.2, 0.25) is 0 Å². The third-order valence-corrected chi connectivity index (χ3v) is 4.86. The minimum Gasteiger partial charge on any atom is -0.494 e. The van der Waals surface area contributed by atoms with Crippen LogP contribution in [0.5, 0.6) is 5.75 Å². The highest BCUT2D eigenvalue weighted by molar-refractivity contribution is 5.34. The van der Waals surface area contributed by atoms with Crippen molar-refractivity contribution in [3.05, 3.63) is 65.7 Å². The molecule has 0 saturated carbocycles. The molecule has 3 heteroatoms.